The highest BCUT2D eigenvalue weighted by molar-refractivity contribution is 5.76. The smallest absolute Gasteiger partial charge is 0.223 e. The Kier molecular flexibility index (Phi) is 5.36. The summed E-state index contributed by atoms with van der Waals surface area (Å²) in [5.41, 5.74) is 2.46. The van der Waals surface area contributed by atoms with Crippen molar-refractivity contribution >= 4 is 5.91 Å². The molecule has 0 aromatic heterocycles. The quantitative estimate of drug-likeness (QED) is 0.814. The summed E-state index contributed by atoms with van der Waals surface area (Å²) in [4.78, 5) is 13.6. The van der Waals surface area contributed by atoms with E-state index in [4.69, 9.17) is 4.74 Å². The fourth-order valence-corrected chi connectivity index (χ4v) is 2.18. The Labute approximate surface area is 114 Å². The van der Waals surface area contributed by atoms with E-state index in [1.807, 2.05) is 17.0 Å². The number of hydrogen-bond donors (Lipinski definition) is 1. The van der Waals surface area contributed by atoms with Gasteiger partial charge in [-0.25, -0.2) is 0 Å². The molecule has 104 valence electrons. The molecule has 0 atom stereocenters. The lowest BCUT2D eigenvalue weighted by Gasteiger charge is -2.20. The van der Waals surface area contributed by atoms with E-state index in [9.17, 15) is 4.79 Å². The molecule has 1 amide bonds. The highest BCUT2D eigenvalue weighted by Crippen LogP contribution is 2.08. The first-order valence-corrected chi connectivity index (χ1v) is 6.88. The third-order valence-corrected chi connectivity index (χ3v) is 3.45. The highest BCUT2D eigenvalue weighted by Gasteiger charge is 2.15. The number of amides is 1. The number of ether oxygens (including phenoxy) is 1. The van der Waals surface area contributed by atoms with Crippen LogP contribution in [0.3, 0.4) is 0 Å². The topological polar surface area (TPSA) is 41.6 Å². The zero-order valence-corrected chi connectivity index (χ0v) is 11.5. The summed E-state index contributed by atoms with van der Waals surface area (Å²) in [7, 11) is 0. The van der Waals surface area contributed by atoms with Crippen LogP contribution in [0.1, 0.15) is 17.5 Å². The maximum Gasteiger partial charge on any atom is 0.223 e. The van der Waals surface area contributed by atoms with Gasteiger partial charge >= 0.3 is 0 Å². The van der Waals surface area contributed by atoms with Crippen LogP contribution < -0.4 is 5.32 Å². The molecule has 19 heavy (non-hydrogen) atoms. The number of hydrogen-bond acceptors (Lipinski definition) is 3. The van der Waals surface area contributed by atoms with Gasteiger partial charge in [0.05, 0.1) is 13.2 Å². The van der Waals surface area contributed by atoms with Crippen molar-refractivity contribution < 1.29 is 9.53 Å². The molecule has 4 heteroatoms. The van der Waals surface area contributed by atoms with Crippen molar-refractivity contribution in [1.29, 1.82) is 0 Å². The number of carbonyl (C=O) groups is 1. The van der Waals surface area contributed by atoms with Gasteiger partial charge in [-0.3, -0.25) is 4.79 Å². The molecule has 0 spiro atoms. The van der Waals surface area contributed by atoms with E-state index in [0.29, 0.717) is 26.2 Å². The van der Waals surface area contributed by atoms with Crippen molar-refractivity contribution in [3.05, 3.63) is 35.4 Å². The van der Waals surface area contributed by atoms with Gasteiger partial charge in [0.25, 0.3) is 0 Å². The molecule has 0 aliphatic carbocycles. The molecular formula is C15H22N2O2. The molecule has 1 heterocycles. The highest BCUT2D eigenvalue weighted by atomic mass is 16.5. The standard InChI is InChI=1S/C15H22N2O2/c1-13-4-2-3-5-14(13)12-19-11-10-17-9-8-16-7-6-15(17)18/h2-5,16H,6-12H2,1H3. The van der Waals surface area contributed by atoms with Gasteiger partial charge in [-0.2, -0.15) is 0 Å². The van der Waals surface area contributed by atoms with Crippen LogP contribution in [0.2, 0.25) is 0 Å². The first-order chi connectivity index (χ1) is 9.27. The van der Waals surface area contributed by atoms with Crippen LogP contribution in [-0.4, -0.2) is 43.6 Å². The SMILES string of the molecule is Cc1ccccc1COCCN1CCNCCC1=O. The normalized spacial score (nSPS) is 16.5. The molecule has 0 saturated carbocycles. The van der Waals surface area contributed by atoms with Crippen LogP contribution in [0.25, 0.3) is 0 Å². The second-order valence-corrected chi connectivity index (χ2v) is 4.86. The van der Waals surface area contributed by atoms with Crippen molar-refractivity contribution in [3.63, 3.8) is 0 Å². The summed E-state index contributed by atoms with van der Waals surface area (Å²) < 4.78 is 5.68. The summed E-state index contributed by atoms with van der Waals surface area (Å²) in [6.07, 6.45) is 0.595. The second kappa shape index (κ2) is 7.26. The molecule has 1 aliphatic rings. The summed E-state index contributed by atoms with van der Waals surface area (Å²) >= 11 is 0. The van der Waals surface area contributed by atoms with Crippen LogP contribution in [-0.2, 0) is 16.1 Å². The van der Waals surface area contributed by atoms with E-state index in [1.54, 1.807) is 0 Å². The number of nitrogens with zero attached hydrogens (tertiary/aromatic N) is 1. The van der Waals surface area contributed by atoms with E-state index in [2.05, 4.69) is 24.4 Å². The Morgan fingerprint density at radius 3 is 3.00 bits per heavy atom. The van der Waals surface area contributed by atoms with E-state index in [-0.39, 0.29) is 5.91 Å². The van der Waals surface area contributed by atoms with Gasteiger partial charge in [0, 0.05) is 32.6 Å². The lowest BCUT2D eigenvalue weighted by Crippen LogP contribution is -2.35. The average molecular weight is 262 g/mol. The fourth-order valence-electron chi connectivity index (χ4n) is 2.18. The predicted molar refractivity (Wildman–Crippen MR) is 74.9 cm³/mol. The molecule has 1 aromatic rings. The summed E-state index contributed by atoms with van der Waals surface area (Å²) in [5, 5.41) is 3.23. The molecule has 0 bridgehead atoms. The van der Waals surface area contributed by atoms with Crippen LogP contribution in [0, 0.1) is 6.92 Å². The van der Waals surface area contributed by atoms with Crippen LogP contribution >= 0.6 is 0 Å². The number of benzene rings is 1. The van der Waals surface area contributed by atoms with Gasteiger partial charge < -0.3 is 15.0 Å². The number of carbonyl (C=O) groups excluding carboxylic acids is 1. The van der Waals surface area contributed by atoms with Gasteiger partial charge in [-0.05, 0) is 18.1 Å². The largest absolute Gasteiger partial charge is 0.375 e. The molecule has 2 rings (SSSR count). The molecule has 1 aromatic carbocycles. The number of rotatable bonds is 5. The van der Waals surface area contributed by atoms with Gasteiger partial charge in [0.1, 0.15) is 0 Å². The molecule has 1 saturated heterocycles. The van der Waals surface area contributed by atoms with E-state index in [0.717, 1.165) is 19.6 Å². The van der Waals surface area contributed by atoms with Gasteiger partial charge in [0.2, 0.25) is 5.91 Å². The summed E-state index contributed by atoms with van der Waals surface area (Å²) in [5.74, 6) is 0.226. The van der Waals surface area contributed by atoms with E-state index in [1.165, 1.54) is 11.1 Å². The van der Waals surface area contributed by atoms with Gasteiger partial charge in [-0.15, -0.1) is 0 Å². The Morgan fingerprint density at radius 1 is 1.32 bits per heavy atom. The molecule has 0 unspecified atom stereocenters. The molecule has 1 aliphatic heterocycles. The van der Waals surface area contributed by atoms with Crippen molar-refractivity contribution in [2.75, 3.05) is 32.8 Å². The Bertz CT molecular complexity index is 420. The minimum Gasteiger partial charge on any atom is -0.375 e. The number of aryl methyl sites for hydroxylation is 1. The molecule has 4 nitrogen and oxygen atoms in total. The molecule has 1 fully saturated rings. The number of nitrogens with one attached hydrogen (secondary N) is 1. The molecule has 1 N–H and O–H groups in total. The Balaban J connectivity index is 1.71. The maximum atomic E-state index is 11.8. The molecule has 0 radical (unpaired) electrons. The Hall–Kier alpha value is -1.39. The average Bonchev–Trinajstić information content (AvgIpc) is 2.62. The van der Waals surface area contributed by atoms with Gasteiger partial charge in [0.15, 0.2) is 0 Å². The lowest BCUT2D eigenvalue weighted by molar-refractivity contribution is -0.131. The minimum absolute atomic E-state index is 0.226. The van der Waals surface area contributed by atoms with Crippen LogP contribution in [0.5, 0.6) is 0 Å². The van der Waals surface area contributed by atoms with Crippen molar-refractivity contribution in [1.82, 2.24) is 10.2 Å². The third-order valence-electron chi connectivity index (χ3n) is 3.45. The molecular weight excluding hydrogens is 240 g/mol. The van der Waals surface area contributed by atoms with Crippen molar-refractivity contribution in [2.24, 2.45) is 0 Å². The van der Waals surface area contributed by atoms with Gasteiger partial charge in [-0.1, -0.05) is 24.3 Å². The Morgan fingerprint density at radius 2 is 2.16 bits per heavy atom. The minimum atomic E-state index is 0.226. The summed E-state index contributed by atoms with van der Waals surface area (Å²) in [6, 6.07) is 8.22. The lowest BCUT2D eigenvalue weighted by atomic mass is 10.1. The van der Waals surface area contributed by atoms with Crippen molar-refractivity contribution in [2.45, 2.75) is 20.0 Å². The zero-order chi connectivity index (χ0) is 13.5. The summed E-state index contributed by atoms with van der Waals surface area (Å²) in [6.45, 7) is 6.44. The zero-order valence-electron chi connectivity index (χ0n) is 11.5. The van der Waals surface area contributed by atoms with E-state index < -0.39 is 0 Å². The first-order valence-electron chi connectivity index (χ1n) is 6.88. The fraction of sp³-hybridized carbons (Fsp3) is 0.533. The maximum absolute atomic E-state index is 11.8. The monoisotopic (exact) mass is 262 g/mol. The second-order valence-electron chi connectivity index (χ2n) is 4.86. The predicted octanol–water partition coefficient (Wildman–Crippen LogP) is 1.33. The van der Waals surface area contributed by atoms with Crippen LogP contribution in [0.15, 0.2) is 24.3 Å². The van der Waals surface area contributed by atoms with Crippen LogP contribution in [0.4, 0.5) is 0 Å². The first kappa shape index (κ1) is 14.0. The van der Waals surface area contributed by atoms with E-state index >= 15 is 0 Å². The third kappa shape index (κ3) is 4.33. The van der Waals surface area contributed by atoms with Crippen molar-refractivity contribution in [3.8, 4) is 0 Å².